The van der Waals surface area contributed by atoms with Gasteiger partial charge < -0.3 is 0 Å². The molecule has 28 heavy (non-hydrogen) atoms. The molecule has 1 amide bonds. The first-order chi connectivity index (χ1) is 13.7. The van der Waals surface area contributed by atoms with Gasteiger partial charge in [-0.15, -0.1) is 0 Å². The van der Waals surface area contributed by atoms with Crippen molar-refractivity contribution in [1.82, 2.24) is 4.90 Å². The molecule has 3 aromatic rings. The number of carbonyl (C=O) groups excluding carboxylic acids is 1. The van der Waals surface area contributed by atoms with E-state index in [9.17, 15) is 4.79 Å². The number of amidine groups is 1. The minimum Gasteiger partial charge on any atom is -0.287 e. The molecule has 0 spiro atoms. The van der Waals surface area contributed by atoms with Crippen LogP contribution in [0.15, 0.2) is 71.7 Å². The van der Waals surface area contributed by atoms with Gasteiger partial charge in [0.15, 0.2) is 5.17 Å². The van der Waals surface area contributed by atoms with Crippen LogP contribution in [0.25, 0.3) is 10.8 Å². The van der Waals surface area contributed by atoms with Gasteiger partial charge >= 0.3 is 0 Å². The summed E-state index contributed by atoms with van der Waals surface area (Å²) < 4.78 is 0. The van der Waals surface area contributed by atoms with Crippen molar-refractivity contribution >= 4 is 39.3 Å². The number of hydrogen-bond acceptors (Lipinski definition) is 3. The molecular weight excluding hydrogens is 364 g/mol. The monoisotopic (exact) mass is 388 g/mol. The van der Waals surface area contributed by atoms with E-state index in [-0.39, 0.29) is 11.9 Å². The summed E-state index contributed by atoms with van der Waals surface area (Å²) in [7, 11) is 0. The number of rotatable bonds is 4. The van der Waals surface area contributed by atoms with E-state index in [1.165, 1.54) is 10.9 Å². The van der Waals surface area contributed by atoms with E-state index in [0.29, 0.717) is 6.42 Å². The zero-order valence-electron chi connectivity index (χ0n) is 16.3. The Morgan fingerprint density at radius 3 is 2.71 bits per heavy atom. The molecule has 3 nitrogen and oxygen atoms in total. The molecule has 142 valence electrons. The zero-order valence-corrected chi connectivity index (χ0v) is 17.1. The molecule has 4 rings (SSSR count). The van der Waals surface area contributed by atoms with Crippen LogP contribution < -0.4 is 0 Å². The molecule has 1 fully saturated rings. The van der Waals surface area contributed by atoms with Gasteiger partial charge in [-0.05, 0) is 47.4 Å². The summed E-state index contributed by atoms with van der Waals surface area (Å²) in [5.74, 6) is 1.03. The third kappa shape index (κ3) is 3.83. The molecule has 1 heterocycles. The van der Waals surface area contributed by atoms with Gasteiger partial charge in [-0.2, -0.15) is 0 Å². The van der Waals surface area contributed by atoms with Crippen molar-refractivity contribution in [2.75, 3.05) is 5.75 Å². The van der Waals surface area contributed by atoms with Gasteiger partial charge in [0.1, 0.15) is 0 Å². The number of aliphatic imine (C=N–C) groups is 1. The summed E-state index contributed by atoms with van der Waals surface area (Å²) in [6, 6.07) is 22.7. The smallest absolute Gasteiger partial charge is 0.233 e. The fraction of sp³-hybridized carbons (Fsp3) is 0.250. The first-order valence-electron chi connectivity index (χ1n) is 9.72. The lowest BCUT2D eigenvalue weighted by Gasteiger charge is -2.23. The van der Waals surface area contributed by atoms with Crippen molar-refractivity contribution in [2.45, 2.75) is 32.7 Å². The highest BCUT2D eigenvalue weighted by atomic mass is 32.2. The lowest BCUT2D eigenvalue weighted by atomic mass is 10.0. The van der Waals surface area contributed by atoms with Gasteiger partial charge in [-0.25, -0.2) is 4.99 Å². The summed E-state index contributed by atoms with van der Waals surface area (Å²) >= 11 is 1.68. The second kappa shape index (κ2) is 8.19. The Kier molecular flexibility index (Phi) is 5.49. The Hall–Kier alpha value is -2.59. The first-order valence-corrected chi connectivity index (χ1v) is 10.7. The Morgan fingerprint density at radius 1 is 1.11 bits per heavy atom. The molecule has 1 saturated heterocycles. The molecule has 1 atom stereocenters. The summed E-state index contributed by atoms with van der Waals surface area (Å²) in [5, 5.41) is 3.14. The standard InChI is InChI=1S/C24H24N2OS/c1-3-21-16-28-24(25-20-12-6-8-17(2)14-20)26(21)23(27)15-19-11-7-10-18-9-4-5-13-22(18)19/h4-14,21H,3,15-16H2,1-2H3/t21-/m1/s1. The SMILES string of the molecule is CC[C@@H]1CSC(=Nc2cccc(C)c2)N1C(=O)Cc1cccc2ccccc12. The number of amides is 1. The van der Waals surface area contributed by atoms with Gasteiger partial charge in [0, 0.05) is 11.8 Å². The Labute approximate surface area is 170 Å². The fourth-order valence-electron chi connectivity index (χ4n) is 3.67. The molecule has 4 heteroatoms. The Balaban J connectivity index is 1.65. The van der Waals surface area contributed by atoms with E-state index in [1.54, 1.807) is 11.8 Å². The number of aryl methyl sites for hydroxylation is 1. The molecular formula is C24H24N2OS. The second-order valence-corrected chi connectivity index (χ2v) is 8.17. The van der Waals surface area contributed by atoms with Crippen LogP contribution in [0.2, 0.25) is 0 Å². The van der Waals surface area contributed by atoms with Gasteiger partial charge in [-0.3, -0.25) is 9.69 Å². The molecule has 3 aromatic carbocycles. The highest BCUT2D eigenvalue weighted by Gasteiger charge is 2.34. The molecule has 0 bridgehead atoms. The van der Waals surface area contributed by atoms with Gasteiger partial charge in [0.2, 0.25) is 5.91 Å². The lowest BCUT2D eigenvalue weighted by Crippen LogP contribution is -2.39. The summed E-state index contributed by atoms with van der Waals surface area (Å²) in [6.07, 6.45) is 1.33. The van der Waals surface area contributed by atoms with Crippen molar-refractivity contribution in [3.63, 3.8) is 0 Å². The topological polar surface area (TPSA) is 32.7 Å². The van der Waals surface area contributed by atoms with Gasteiger partial charge in [0.25, 0.3) is 0 Å². The van der Waals surface area contributed by atoms with Crippen molar-refractivity contribution in [2.24, 2.45) is 4.99 Å². The molecule has 1 aliphatic rings. The average Bonchev–Trinajstić information content (AvgIpc) is 3.11. The van der Waals surface area contributed by atoms with Crippen LogP contribution in [0.3, 0.4) is 0 Å². The van der Waals surface area contributed by atoms with Crippen LogP contribution in [0.5, 0.6) is 0 Å². The largest absolute Gasteiger partial charge is 0.287 e. The van der Waals surface area contributed by atoms with E-state index in [1.807, 2.05) is 35.2 Å². The third-order valence-corrected chi connectivity index (χ3v) is 6.26. The molecule has 0 aliphatic carbocycles. The van der Waals surface area contributed by atoms with Crippen molar-refractivity contribution in [1.29, 1.82) is 0 Å². The zero-order chi connectivity index (χ0) is 19.5. The van der Waals surface area contributed by atoms with E-state index in [2.05, 4.69) is 50.2 Å². The predicted molar refractivity (Wildman–Crippen MR) is 119 cm³/mol. The highest BCUT2D eigenvalue weighted by Crippen LogP contribution is 2.30. The number of nitrogens with zero attached hydrogens (tertiary/aromatic N) is 2. The maximum Gasteiger partial charge on any atom is 0.233 e. The van der Waals surface area contributed by atoms with E-state index < -0.39 is 0 Å². The van der Waals surface area contributed by atoms with Crippen molar-refractivity contribution < 1.29 is 4.79 Å². The maximum absolute atomic E-state index is 13.3. The van der Waals surface area contributed by atoms with Crippen LogP contribution in [-0.4, -0.2) is 27.8 Å². The number of hydrogen-bond donors (Lipinski definition) is 0. The van der Waals surface area contributed by atoms with Crippen LogP contribution in [-0.2, 0) is 11.2 Å². The number of carbonyl (C=O) groups is 1. The number of benzene rings is 3. The van der Waals surface area contributed by atoms with Gasteiger partial charge in [-0.1, -0.05) is 73.3 Å². The predicted octanol–water partition coefficient (Wildman–Crippen LogP) is 5.73. The molecule has 0 unspecified atom stereocenters. The Morgan fingerprint density at radius 2 is 1.89 bits per heavy atom. The van der Waals surface area contributed by atoms with Gasteiger partial charge in [0.05, 0.1) is 12.1 Å². The van der Waals surface area contributed by atoms with Crippen LogP contribution in [0.1, 0.15) is 24.5 Å². The van der Waals surface area contributed by atoms with Crippen LogP contribution in [0.4, 0.5) is 5.69 Å². The highest BCUT2D eigenvalue weighted by molar-refractivity contribution is 8.14. The second-order valence-electron chi connectivity index (χ2n) is 7.19. The summed E-state index contributed by atoms with van der Waals surface area (Å²) in [5.41, 5.74) is 3.15. The normalized spacial score (nSPS) is 18.1. The van der Waals surface area contributed by atoms with Crippen molar-refractivity contribution in [3.8, 4) is 0 Å². The summed E-state index contributed by atoms with van der Waals surface area (Å²) in [6.45, 7) is 4.20. The maximum atomic E-state index is 13.3. The minimum atomic E-state index is 0.125. The molecule has 0 saturated carbocycles. The number of thioether (sulfide) groups is 1. The fourth-order valence-corrected chi connectivity index (χ4v) is 4.96. The Bertz CT molecular complexity index is 1040. The van der Waals surface area contributed by atoms with E-state index in [4.69, 9.17) is 4.99 Å². The van der Waals surface area contributed by atoms with Crippen LogP contribution >= 0.6 is 11.8 Å². The summed E-state index contributed by atoms with van der Waals surface area (Å²) in [4.78, 5) is 20.1. The molecule has 0 radical (unpaired) electrons. The number of fused-ring (bicyclic) bond motifs is 1. The first kappa shape index (κ1) is 18.8. The lowest BCUT2D eigenvalue weighted by molar-refractivity contribution is -0.127. The van der Waals surface area contributed by atoms with E-state index in [0.717, 1.165) is 34.0 Å². The quantitative estimate of drug-likeness (QED) is 0.571. The van der Waals surface area contributed by atoms with Crippen LogP contribution in [0, 0.1) is 6.92 Å². The molecule has 0 N–H and O–H groups in total. The third-order valence-electron chi connectivity index (χ3n) is 5.16. The molecule has 0 aromatic heterocycles. The average molecular weight is 389 g/mol. The minimum absolute atomic E-state index is 0.125. The molecule has 1 aliphatic heterocycles. The van der Waals surface area contributed by atoms with Crippen molar-refractivity contribution in [3.05, 3.63) is 77.9 Å². The van der Waals surface area contributed by atoms with E-state index >= 15 is 0 Å².